The first kappa shape index (κ1) is 27.2. The Morgan fingerprint density at radius 1 is 1.24 bits per heavy atom. The first-order valence-corrected chi connectivity index (χ1v) is 12.0. The zero-order valence-electron chi connectivity index (χ0n) is 20.7. The molecule has 2 amide bonds. The summed E-state index contributed by atoms with van der Waals surface area (Å²) in [6.45, 7) is 4.26. The Morgan fingerprint density at radius 2 is 1.89 bits per heavy atom. The lowest BCUT2D eigenvalue weighted by atomic mass is 9.59. The Labute approximate surface area is 216 Å². The van der Waals surface area contributed by atoms with Crippen molar-refractivity contribution in [3.05, 3.63) is 45.7 Å². The van der Waals surface area contributed by atoms with Gasteiger partial charge >= 0.3 is 0 Å². The number of amides is 2. The van der Waals surface area contributed by atoms with Crippen molar-refractivity contribution in [3.8, 4) is 5.75 Å². The van der Waals surface area contributed by atoms with Gasteiger partial charge in [-0.2, -0.15) is 0 Å². The number of aliphatic hydroxyl groups is 3. The van der Waals surface area contributed by atoms with E-state index < -0.39 is 86.7 Å². The highest BCUT2D eigenvalue weighted by molar-refractivity contribution is 6.25. The summed E-state index contributed by atoms with van der Waals surface area (Å²) >= 11 is 0. The summed E-state index contributed by atoms with van der Waals surface area (Å²) in [7, 11) is 0. The molecule has 0 saturated carbocycles. The first-order chi connectivity index (χ1) is 17.7. The maximum Gasteiger partial charge on any atom is 0.255 e. The highest BCUT2D eigenvalue weighted by Crippen LogP contribution is 2.52. The molecule has 12 nitrogen and oxygen atoms in total. The number of primary amides is 1. The van der Waals surface area contributed by atoms with Crippen molar-refractivity contribution in [1.29, 1.82) is 0 Å². The SMILES string of the molecule is CC(C)CNCC(=O)Nc1cc(F)c2c(c1O)C(=O)C1=C(O)[C@]3(O)C(=O)C(C(N)=O)=C(O)[C@@H](N)[C@@H]3C[C@@H]1C2. The van der Waals surface area contributed by atoms with Crippen LogP contribution in [0.1, 0.15) is 36.2 Å². The molecule has 0 saturated heterocycles. The number of ketones is 2. The molecule has 4 rings (SSSR count). The van der Waals surface area contributed by atoms with Crippen molar-refractivity contribution >= 4 is 29.1 Å². The van der Waals surface area contributed by atoms with Crippen LogP contribution in [-0.2, 0) is 20.8 Å². The molecule has 0 radical (unpaired) electrons. The molecular formula is C25H29FN4O8. The fourth-order valence-corrected chi connectivity index (χ4v) is 5.50. The van der Waals surface area contributed by atoms with Crippen LogP contribution in [0.3, 0.4) is 0 Å². The minimum atomic E-state index is -2.86. The van der Waals surface area contributed by atoms with Gasteiger partial charge in [0.1, 0.15) is 22.9 Å². The van der Waals surface area contributed by atoms with Crippen LogP contribution < -0.4 is 22.1 Å². The Balaban J connectivity index is 1.76. The van der Waals surface area contributed by atoms with Crippen LogP contribution in [0.2, 0.25) is 0 Å². The van der Waals surface area contributed by atoms with Gasteiger partial charge in [0.15, 0.2) is 17.1 Å². The molecule has 38 heavy (non-hydrogen) atoms. The van der Waals surface area contributed by atoms with Gasteiger partial charge in [0.2, 0.25) is 11.7 Å². The number of nitrogens with one attached hydrogen (secondary N) is 2. The van der Waals surface area contributed by atoms with E-state index in [4.69, 9.17) is 11.5 Å². The molecule has 0 aromatic heterocycles. The van der Waals surface area contributed by atoms with Gasteiger partial charge in [0.05, 0.1) is 23.8 Å². The van der Waals surface area contributed by atoms with Crippen LogP contribution in [0.4, 0.5) is 10.1 Å². The summed E-state index contributed by atoms with van der Waals surface area (Å²) in [5.41, 5.74) is 5.71. The van der Waals surface area contributed by atoms with E-state index in [1.165, 1.54) is 0 Å². The number of aromatic hydroxyl groups is 1. The van der Waals surface area contributed by atoms with Crippen molar-refractivity contribution in [2.45, 2.75) is 38.3 Å². The number of nitrogens with two attached hydrogens (primary N) is 2. The van der Waals surface area contributed by atoms with Crippen molar-refractivity contribution in [2.24, 2.45) is 29.2 Å². The number of hydrogen-bond donors (Lipinski definition) is 8. The molecule has 204 valence electrons. The Hall–Kier alpha value is -3.81. The number of rotatable bonds is 6. The van der Waals surface area contributed by atoms with Gasteiger partial charge in [-0.25, -0.2) is 4.39 Å². The average molecular weight is 533 g/mol. The number of allylic oxidation sites excluding steroid dienone is 1. The maximum absolute atomic E-state index is 15.2. The quantitative estimate of drug-likeness (QED) is 0.178. The summed E-state index contributed by atoms with van der Waals surface area (Å²) in [4.78, 5) is 50.7. The highest BCUT2D eigenvalue weighted by Gasteiger charge is 2.62. The molecule has 1 aromatic carbocycles. The third kappa shape index (κ3) is 4.03. The largest absolute Gasteiger partial charge is 0.510 e. The number of fused-ring (bicyclic) bond motifs is 3. The van der Waals surface area contributed by atoms with Crippen molar-refractivity contribution < 1.29 is 44.0 Å². The van der Waals surface area contributed by atoms with Crippen molar-refractivity contribution in [1.82, 2.24) is 5.32 Å². The zero-order chi connectivity index (χ0) is 28.3. The van der Waals surface area contributed by atoms with Gasteiger partial charge in [-0.15, -0.1) is 0 Å². The Morgan fingerprint density at radius 3 is 2.50 bits per heavy atom. The van der Waals surface area contributed by atoms with E-state index in [0.29, 0.717) is 6.54 Å². The molecule has 3 aliphatic rings. The van der Waals surface area contributed by atoms with E-state index >= 15 is 4.39 Å². The number of halogens is 1. The number of hydrogen-bond acceptors (Lipinski definition) is 10. The molecule has 0 aliphatic heterocycles. The smallest absolute Gasteiger partial charge is 0.255 e. The van der Waals surface area contributed by atoms with Gasteiger partial charge in [-0.1, -0.05) is 13.8 Å². The number of Topliss-reactive ketones (excluding diaryl/α,β-unsaturated/α-hetero) is 2. The number of phenolic OH excluding ortho intramolecular Hbond substituents is 1. The molecule has 0 spiro atoms. The number of anilines is 1. The van der Waals surface area contributed by atoms with E-state index in [9.17, 15) is 39.6 Å². The third-order valence-electron chi connectivity index (χ3n) is 7.31. The summed E-state index contributed by atoms with van der Waals surface area (Å²) in [6, 6.07) is -0.625. The maximum atomic E-state index is 15.2. The molecular weight excluding hydrogens is 503 g/mol. The predicted molar refractivity (Wildman–Crippen MR) is 130 cm³/mol. The number of carbonyl (C=O) groups is 4. The predicted octanol–water partition coefficient (Wildman–Crippen LogP) is -0.159. The average Bonchev–Trinajstić information content (AvgIpc) is 2.82. The van der Waals surface area contributed by atoms with Crippen LogP contribution in [0.5, 0.6) is 5.75 Å². The standard InChI is InChI=1S/C25H29FN4O8/c1-8(2)6-29-7-14(31)30-13-5-12(26)10-3-9-4-11-18(27)21(34)17(24(28)37)23(36)25(11,38)22(35)15(9)20(33)16(10)19(13)32/h5,8-9,11,18,29,32,34-35,38H,3-4,6-7,27H2,1-2H3,(H2,28,37)(H,30,31)/t9-,11-,18-,25-/m0/s1. The third-order valence-corrected chi connectivity index (χ3v) is 7.31. The monoisotopic (exact) mass is 532 g/mol. The highest BCUT2D eigenvalue weighted by atomic mass is 19.1. The van der Waals surface area contributed by atoms with Gasteiger partial charge in [-0.05, 0) is 31.2 Å². The number of carbonyl (C=O) groups excluding carboxylic acids is 4. The minimum absolute atomic E-state index is 0.141. The van der Waals surface area contributed by atoms with Crippen LogP contribution in [0.25, 0.3) is 0 Å². The van der Waals surface area contributed by atoms with E-state index in [-0.39, 0.29) is 36.6 Å². The topological polar surface area (TPSA) is 225 Å². The van der Waals surface area contributed by atoms with E-state index in [2.05, 4.69) is 10.6 Å². The Bertz CT molecular complexity index is 1340. The lowest BCUT2D eigenvalue weighted by molar-refractivity contribution is -0.145. The summed E-state index contributed by atoms with van der Waals surface area (Å²) in [6.07, 6.45) is -0.477. The van der Waals surface area contributed by atoms with Crippen molar-refractivity contribution in [3.63, 3.8) is 0 Å². The number of aliphatic hydroxyl groups excluding tert-OH is 2. The summed E-state index contributed by atoms with van der Waals surface area (Å²) in [5.74, 6) is -10.2. The minimum Gasteiger partial charge on any atom is -0.510 e. The fourth-order valence-electron chi connectivity index (χ4n) is 5.50. The zero-order valence-corrected chi connectivity index (χ0v) is 20.7. The number of benzene rings is 1. The molecule has 0 fully saturated rings. The van der Waals surface area contributed by atoms with E-state index in [1.54, 1.807) is 0 Å². The second kappa shape index (κ2) is 9.49. The molecule has 4 atom stereocenters. The summed E-state index contributed by atoms with van der Waals surface area (Å²) < 4.78 is 15.2. The molecule has 0 unspecified atom stereocenters. The van der Waals surface area contributed by atoms with Crippen LogP contribution in [0.15, 0.2) is 28.7 Å². The molecule has 0 heterocycles. The van der Waals surface area contributed by atoms with Gasteiger partial charge in [-0.3, -0.25) is 19.2 Å². The van der Waals surface area contributed by atoms with Crippen LogP contribution in [0, 0.1) is 23.6 Å². The lowest BCUT2D eigenvalue weighted by Gasteiger charge is -2.47. The van der Waals surface area contributed by atoms with Gasteiger partial charge in [0.25, 0.3) is 5.91 Å². The first-order valence-electron chi connectivity index (χ1n) is 12.0. The fraction of sp³-hybridized carbons (Fsp3) is 0.440. The number of phenols is 1. The second-order valence-corrected chi connectivity index (χ2v) is 10.3. The Kier molecular flexibility index (Phi) is 6.80. The van der Waals surface area contributed by atoms with Crippen LogP contribution in [-0.4, -0.2) is 68.5 Å². The molecule has 10 N–H and O–H groups in total. The van der Waals surface area contributed by atoms with Crippen molar-refractivity contribution in [2.75, 3.05) is 18.4 Å². The molecule has 0 bridgehead atoms. The molecule has 3 aliphatic carbocycles. The second-order valence-electron chi connectivity index (χ2n) is 10.3. The van der Waals surface area contributed by atoms with Gasteiger partial charge < -0.3 is 42.5 Å². The lowest BCUT2D eigenvalue weighted by Crippen LogP contribution is -2.63. The van der Waals surface area contributed by atoms with E-state index in [1.807, 2.05) is 13.8 Å². The normalized spacial score (nSPS) is 26.7. The molecule has 1 aromatic rings. The van der Waals surface area contributed by atoms with E-state index in [0.717, 1.165) is 6.07 Å². The summed E-state index contributed by atoms with van der Waals surface area (Å²) in [5, 5.41) is 48.8. The molecule has 13 heteroatoms. The van der Waals surface area contributed by atoms with Crippen LogP contribution >= 0.6 is 0 Å². The van der Waals surface area contributed by atoms with Gasteiger partial charge in [0, 0.05) is 23.1 Å².